The molecule has 1 fully saturated rings. The van der Waals surface area contributed by atoms with Gasteiger partial charge in [0.25, 0.3) is 0 Å². The Morgan fingerprint density at radius 3 is 1.13 bits per heavy atom. The lowest BCUT2D eigenvalue weighted by atomic mass is 10.1. The van der Waals surface area contributed by atoms with Gasteiger partial charge in [0.2, 0.25) is 0 Å². The number of aromatic nitrogens is 8. The number of aromatic hydroxyl groups is 1. The smallest absolute Gasteiger partial charge is 0.197 e. The van der Waals surface area contributed by atoms with Crippen LogP contribution in [0.25, 0.3) is 88.6 Å². The lowest BCUT2D eigenvalue weighted by Crippen LogP contribution is -2.45. The van der Waals surface area contributed by atoms with Gasteiger partial charge in [-0.15, -0.1) is 0 Å². The summed E-state index contributed by atoms with van der Waals surface area (Å²) in [7, 11) is 4.47. The Morgan fingerprint density at radius 2 is 0.800 bits per heavy atom. The molecule has 0 radical (unpaired) electrons. The number of ether oxygens (including phenoxy) is 9. The molecular weight excluding hydrogens is 1700 g/mol. The van der Waals surface area contributed by atoms with Crippen LogP contribution in [0.15, 0.2) is 170 Å². The number of benzene rings is 4. The van der Waals surface area contributed by atoms with E-state index >= 15 is 0 Å². The Morgan fingerprint density at radius 1 is 0.454 bits per heavy atom. The van der Waals surface area contributed by atoms with Crippen LogP contribution in [-0.4, -0.2) is 221 Å². The van der Waals surface area contributed by atoms with Crippen molar-refractivity contribution in [1.29, 1.82) is 0 Å². The Hall–Kier alpha value is -11.1. The van der Waals surface area contributed by atoms with E-state index in [0.717, 1.165) is 217 Å². The minimum absolute atomic E-state index is 0.0158. The lowest BCUT2D eigenvalue weighted by molar-refractivity contribution is -0.193. The van der Waals surface area contributed by atoms with Crippen molar-refractivity contribution in [3.63, 3.8) is 0 Å². The standard InChI is InChI=1S/C27H37N3O3Si.C26H31N3O4.C21H23N3O3.C17H15N3O2.C9H22O2Si.OS/c1-8-21(33-34(6,7)27(2,3)4)18-32-22-10-12-23-19(15-22)9-11-24(29-23)20-16-25-26(28-17-20)30(5)13-14-31-25;1-3-20(33-25-6-4-5-12-31-25)17-32-21-8-10-22-18(14-21)7-9-23(28-22)19-15-24-26(27-16-19)29(2)11-13-30-24;1-3-16(25)13-27-17-5-7-18-14(10-17)4-6-19(23-18)15-11-20-21(22-12-15)24(2)8-9-26-20;1-20-6-7-22-16-9-12(10-18-17(16)20)15-4-2-11-8-13(21)3-5-14(11)19-15;1-8(7-10)11-12(5,6)9(2,3)4;1-2/h9-12,15-17,21H,8,13-14,18H2,1-7H3;7-10,14-16,20,25H,3-6,11-13,17H2,1-2H3;4-7,10-12,16,25H,3,8-9,13H2,1-2H3;2-5,8-10,21H,6-7H2,1H3;8,10H,7H2,1-6H3;/i;;;;1T;. The van der Waals surface area contributed by atoms with Crippen molar-refractivity contribution in [2.24, 2.45) is 0 Å². The van der Waals surface area contributed by atoms with E-state index in [2.05, 4.69) is 151 Å². The zero-order valence-electron chi connectivity index (χ0n) is 79.2. The van der Waals surface area contributed by atoms with E-state index in [9.17, 15) is 10.2 Å². The highest BCUT2D eigenvalue weighted by molar-refractivity contribution is 7.44. The highest BCUT2D eigenvalue weighted by atomic mass is 32.1. The number of likely N-dealkylation sites (N-methyl/N-ethyl adjacent to an activating group) is 4. The number of aliphatic hydroxyl groups excluding tert-OH is 2. The van der Waals surface area contributed by atoms with E-state index < -0.39 is 22.7 Å². The zero-order chi connectivity index (χ0) is 93.7. The molecule has 0 amide bonds. The monoisotopic (exact) mass is 1830 g/mol. The van der Waals surface area contributed by atoms with E-state index in [1.807, 2.05) is 181 Å². The van der Waals surface area contributed by atoms with Gasteiger partial charge in [-0.1, -0.05) is 86.6 Å². The molecule has 130 heavy (non-hydrogen) atoms. The molecule has 12 aromatic rings. The topological polar surface area (TPSA) is 295 Å². The highest BCUT2D eigenvalue weighted by Crippen LogP contribution is 2.42. The maximum atomic E-state index is 9.64. The summed E-state index contributed by atoms with van der Waals surface area (Å²) >= 11 is 2.83. The van der Waals surface area contributed by atoms with Gasteiger partial charge in [0.15, 0.2) is 81.7 Å². The Balaban J connectivity index is 0.000000151. The number of pyridine rings is 8. The van der Waals surface area contributed by atoms with Crippen LogP contribution < -0.4 is 52.8 Å². The first-order chi connectivity index (χ1) is 62.8. The van der Waals surface area contributed by atoms with Crippen LogP contribution in [0.1, 0.15) is 109 Å². The van der Waals surface area contributed by atoms with E-state index in [1.54, 1.807) is 12.1 Å². The molecule has 1 saturated heterocycles. The van der Waals surface area contributed by atoms with Gasteiger partial charge in [0.1, 0.15) is 69.2 Å². The molecule has 17 rings (SSSR count). The Labute approximate surface area is 773 Å². The molecule has 692 valence electrons. The molecule has 5 atom stereocenters. The molecule has 0 bridgehead atoms. The molecule has 5 aliphatic rings. The summed E-state index contributed by atoms with van der Waals surface area (Å²) in [4.78, 5) is 45.7. The minimum atomic E-state index is -1.83. The molecule has 5 unspecified atom stereocenters. The number of aliphatic hydroxyl groups is 2. The summed E-state index contributed by atoms with van der Waals surface area (Å²) in [5.74, 6) is 9.30. The van der Waals surface area contributed by atoms with E-state index in [0.29, 0.717) is 52.7 Å². The number of hydrogen-bond donors (Lipinski definition) is 3. The summed E-state index contributed by atoms with van der Waals surface area (Å²) in [6.07, 6.45) is 12.4. The summed E-state index contributed by atoms with van der Waals surface area (Å²) in [6.45, 7) is 36.6. The molecule has 4 aromatic carbocycles. The molecule has 13 heterocycles. The number of phenolic OH excluding ortho intramolecular Hbond substituents is 1. The van der Waals surface area contributed by atoms with Crippen LogP contribution in [0.4, 0.5) is 23.3 Å². The van der Waals surface area contributed by atoms with E-state index in [4.69, 9.17) is 77.1 Å². The normalized spacial score (nSPS) is 15.8. The van der Waals surface area contributed by atoms with E-state index in [1.165, 1.54) is 0 Å². The number of hydrogen-bond acceptors (Lipinski definition) is 28. The molecule has 8 aromatic heterocycles. The molecular formula is C100H128N12O15SSi2. The minimum Gasteiger partial charge on any atom is -0.508 e. The zero-order valence-corrected chi connectivity index (χ0v) is 81.0. The summed E-state index contributed by atoms with van der Waals surface area (Å²) < 4.78 is 80.1. The fourth-order valence-electron chi connectivity index (χ4n) is 14.2. The average Bonchev–Trinajstić information content (AvgIpc) is 0.797. The Bertz CT molecular complexity index is 5790. The van der Waals surface area contributed by atoms with Crippen molar-refractivity contribution in [3.05, 3.63) is 170 Å². The van der Waals surface area contributed by atoms with E-state index in [-0.39, 0.29) is 53.9 Å². The quantitative estimate of drug-likeness (QED) is 0.0501. The second-order valence-corrected chi connectivity index (χ2v) is 45.6. The molecule has 0 saturated carbocycles. The molecule has 3 N–H and O–H groups in total. The van der Waals surface area contributed by atoms with Crippen molar-refractivity contribution in [3.8, 4) is 91.0 Å². The number of fused-ring (bicyclic) bond motifs is 8. The van der Waals surface area contributed by atoms with Gasteiger partial charge in [-0.05, 0) is 203 Å². The molecule has 30 heteroatoms. The van der Waals surface area contributed by atoms with Crippen LogP contribution in [0.2, 0.25) is 36.3 Å². The predicted octanol–water partition coefficient (Wildman–Crippen LogP) is 19.3. The van der Waals surface area contributed by atoms with Crippen molar-refractivity contribution in [2.45, 2.75) is 175 Å². The third-order valence-electron chi connectivity index (χ3n) is 24.3. The first-order valence-corrected chi connectivity index (χ1v) is 51.0. The third kappa shape index (κ3) is 25.6. The first kappa shape index (κ1) is 96.5. The maximum Gasteiger partial charge on any atom is 0.197 e. The average molecular weight is 1830 g/mol. The van der Waals surface area contributed by atoms with Gasteiger partial charge in [-0.25, -0.2) is 39.9 Å². The number of phenols is 1. The van der Waals surface area contributed by atoms with Crippen LogP contribution in [0.3, 0.4) is 0 Å². The van der Waals surface area contributed by atoms with Gasteiger partial charge >= 0.3 is 0 Å². The fourth-order valence-corrected chi connectivity index (χ4v) is 16.9. The van der Waals surface area contributed by atoms with Crippen LogP contribution in [0.5, 0.6) is 46.0 Å². The Kier molecular flexibility index (Phi) is 33.2. The van der Waals surface area contributed by atoms with Gasteiger partial charge < -0.3 is 86.4 Å². The fraction of sp³-hybridized carbons (Fsp3) is 0.440. The lowest BCUT2D eigenvalue weighted by Gasteiger charge is -2.39. The first-order valence-electron chi connectivity index (χ1n) is 45.5. The summed E-state index contributed by atoms with van der Waals surface area (Å²) in [5, 5.41) is 32.4. The molecule has 27 nitrogen and oxygen atoms in total. The second-order valence-electron chi connectivity index (χ2n) is 36.0. The molecule has 0 spiro atoms. The largest absolute Gasteiger partial charge is 0.508 e. The maximum absolute atomic E-state index is 9.64. The number of nitrogens with zero attached hydrogens (tertiary/aromatic N) is 12. The van der Waals surface area contributed by atoms with Crippen molar-refractivity contribution in [1.82, 2.24) is 39.9 Å². The van der Waals surface area contributed by atoms with Crippen LogP contribution >= 0.6 is 0 Å². The van der Waals surface area contributed by atoms with Gasteiger partial charge in [0, 0.05) is 105 Å². The van der Waals surface area contributed by atoms with Gasteiger partial charge in [-0.2, -0.15) is 4.21 Å². The van der Waals surface area contributed by atoms with Gasteiger partial charge in [-0.3, -0.25) is 0 Å². The van der Waals surface area contributed by atoms with Gasteiger partial charge in [0.05, 0.1) is 102 Å². The third-order valence-corrected chi connectivity index (χ3v) is 33.3. The number of anilines is 4. The van der Waals surface area contributed by atoms with Crippen molar-refractivity contribution < 1.29 is 72.4 Å². The summed E-state index contributed by atoms with van der Waals surface area (Å²) in [5.41, 5.74) is 10.7. The van der Waals surface area contributed by atoms with Crippen molar-refractivity contribution in [2.75, 3.05) is 133 Å². The number of rotatable bonds is 23. The highest BCUT2D eigenvalue weighted by Gasteiger charge is 2.40. The van der Waals surface area contributed by atoms with Crippen LogP contribution in [0, 0.1) is 0 Å². The summed E-state index contributed by atoms with van der Waals surface area (Å²) in [6, 6.07) is 47.0. The molecule has 0 aliphatic carbocycles. The predicted molar refractivity (Wildman–Crippen MR) is 523 cm³/mol. The second kappa shape index (κ2) is 44.7. The molecule has 5 aliphatic heterocycles. The SMILES string of the molecule is CCC(COc1ccc2nc(-c3cnc4c(c3)OCCN4C)ccc2c1)OC1CCCCO1.CCC(COc1ccc2nc(-c3cnc4c(c3)OCCN4C)ccc2c1)O[Si](C)(C)C(C)(C)C.CCC(O)COc1ccc2nc(-c3cnc4c(c3)OCCN4C)ccc2c1.CN1CCOc2cc(-c3ccc4cc(O)ccc4n3)cnc21.O=S.[3H]CC(CO)O[Si](C)(C)C(C)(C)C. The van der Waals surface area contributed by atoms with Crippen molar-refractivity contribution >= 4 is 96.1 Å². The van der Waals surface area contributed by atoms with Crippen LogP contribution in [-0.2, 0) is 30.9 Å².